The highest BCUT2D eigenvalue weighted by molar-refractivity contribution is 5.87. The first-order valence-electron chi connectivity index (χ1n) is 7.41. The van der Waals surface area contributed by atoms with E-state index in [2.05, 4.69) is 50.2 Å². The molecule has 0 unspecified atom stereocenters. The Hall–Kier alpha value is -2.36. The number of nitrogens with one attached hydrogen (secondary N) is 1. The molecule has 3 heterocycles. The van der Waals surface area contributed by atoms with Crippen LogP contribution in [0.15, 0.2) is 42.9 Å². The summed E-state index contributed by atoms with van der Waals surface area (Å²) in [5.74, 6) is 1.60. The van der Waals surface area contributed by atoms with Crippen LogP contribution in [-0.4, -0.2) is 28.0 Å². The molecule has 3 aromatic rings. The first-order valence-corrected chi connectivity index (χ1v) is 7.41. The molecule has 0 spiro atoms. The van der Waals surface area contributed by atoms with Crippen LogP contribution in [0, 0.1) is 6.07 Å². The molecule has 1 aliphatic rings. The number of aromatic nitrogens is 3. The van der Waals surface area contributed by atoms with Gasteiger partial charge in [-0.05, 0) is 30.5 Å². The van der Waals surface area contributed by atoms with Crippen molar-refractivity contribution in [2.45, 2.75) is 18.8 Å². The first kappa shape index (κ1) is 12.4. The van der Waals surface area contributed by atoms with Crippen LogP contribution in [-0.2, 0) is 0 Å². The molecular formula is C17H17N4. The van der Waals surface area contributed by atoms with E-state index < -0.39 is 0 Å². The molecule has 105 valence electrons. The molecular weight excluding hydrogens is 260 g/mol. The summed E-state index contributed by atoms with van der Waals surface area (Å²) in [6.45, 7) is 2.07. The predicted octanol–water partition coefficient (Wildman–Crippen LogP) is 3.14. The van der Waals surface area contributed by atoms with Gasteiger partial charge in [0.1, 0.15) is 17.8 Å². The quantitative estimate of drug-likeness (QED) is 0.782. The van der Waals surface area contributed by atoms with Gasteiger partial charge in [-0.1, -0.05) is 24.3 Å². The average molecular weight is 277 g/mol. The molecule has 1 aliphatic heterocycles. The van der Waals surface area contributed by atoms with Crippen molar-refractivity contribution in [1.29, 1.82) is 0 Å². The fourth-order valence-electron chi connectivity index (χ4n) is 3.21. The van der Waals surface area contributed by atoms with Gasteiger partial charge in [-0.2, -0.15) is 0 Å². The van der Waals surface area contributed by atoms with Gasteiger partial charge < -0.3 is 9.88 Å². The third-order valence-corrected chi connectivity index (χ3v) is 4.26. The van der Waals surface area contributed by atoms with Gasteiger partial charge in [0.25, 0.3) is 0 Å². The topological polar surface area (TPSA) is 44.8 Å². The van der Waals surface area contributed by atoms with Crippen molar-refractivity contribution in [1.82, 2.24) is 15.0 Å². The van der Waals surface area contributed by atoms with E-state index in [1.165, 1.54) is 18.4 Å². The number of rotatable bonds is 2. The van der Waals surface area contributed by atoms with Gasteiger partial charge in [0, 0.05) is 25.2 Å². The number of fused-ring (bicyclic) bond motifs is 1. The van der Waals surface area contributed by atoms with Crippen LogP contribution in [0.2, 0.25) is 0 Å². The Labute approximate surface area is 123 Å². The standard InChI is InChI=1S/C17H17N4/c1-2-5-13(6-3-1)14-7-4-10-21(11-14)17-15-8-9-18-16(15)19-12-20-17/h1-2,5-6,8-9,12,14H,4,7,10-11H2,(H,18,19,20)/t14-/m0/s1. The van der Waals surface area contributed by atoms with Crippen LogP contribution in [0.25, 0.3) is 11.0 Å². The van der Waals surface area contributed by atoms with Crippen LogP contribution in [0.5, 0.6) is 0 Å². The third-order valence-electron chi connectivity index (χ3n) is 4.26. The van der Waals surface area contributed by atoms with Gasteiger partial charge in [0.2, 0.25) is 0 Å². The normalized spacial score (nSPS) is 19.0. The molecule has 4 heteroatoms. The molecule has 2 aromatic heterocycles. The van der Waals surface area contributed by atoms with Gasteiger partial charge in [-0.15, -0.1) is 0 Å². The van der Waals surface area contributed by atoms with Crippen molar-refractivity contribution in [2.75, 3.05) is 18.0 Å². The Kier molecular flexibility index (Phi) is 3.07. The first-order chi connectivity index (χ1) is 10.4. The maximum absolute atomic E-state index is 4.52. The molecule has 4 nitrogen and oxygen atoms in total. The van der Waals surface area contributed by atoms with E-state index in [0.717, 1.165) is 29.9 Å². The van der Waals surface area contributed by atoms with Gasteiger partial charge in [-0.3, -0.25) is 0 Å². The number of hydrogen-bond donors (Lipinski definition) is 1. The lowest BCUT2D eigenvalue weighted by Crippen LogP contribution is -2.35. The second-order valence-corrected chi connectivity index (χ2v) is 5.56. The van der Waals surface area contributed by atoms with E-state index in [1.807, 2.05) is 12.3 Å². The summed E-state index contributed by atoms with van der Waals surface area (Å²) in [5.41, 5.74) is 2.29. The SMILES string of the molecule is [c]1cccc([C@H]2CCCN(c3ncnc4[nH]ccc34)C2)c1. The fourth-order valence-corrected chi connectivity index (χ4v) is 3.21. The molecule has 1 N–H and O–H groups in total. The molecule has 1 atom stereocenters. The molecule has 4 rings (SSSR count). The Morgan fingerprint density at radius 2 is 2.29 bits per heavy atom. The van der Waals surface area contributed by atoms with Crippen LogP contribution in [0.3, 0.4) is 0 Å². The molecule has 1 radical (unpaired) electrons. The Morgan fingerprint density at radius 1 is 1.29 bits per heavy atom. The fraction of sp³-hybridized carbons (Fsp3) is 0.294. The summed E-state index contributed by atoms with van der Waals surface area (Å²) in [5, 5.41) is 1.11. The molecule has 21 heavy (non-hydrogen) atoms. The number of anilines is 1. The van der Waals surface area contributed by atoms with E-state index in [1.54, 1.807) is 6.33 Å². The van der Waals surface area contributed by atoms with E-state index in [9.17, 15) is 0 Å². The zero-order chi connectivity index (χ0) is 14.1. The lowest BCUT2D eigenvalue weighted by Gasteiger charge is -2.34. The maximum atomic E-state index is 4.52. The van der Waals surface area contributed by atoms with Gasteiger partial charge in [0.15, 0.2) is 0 Å². The van der Waals surface area contributed by atoms with Crippen molar-refractivity contribution < 1.29 is 0 Å². The second kappa shape index (κ2) is 5.20. The van der Waals surface area contributed by atoms with Crippen molar-refractivity contribution in [3.8, 4) is 0 Å². The van der Waals surface area contributed by atoms with Crippen LogP contribution in [0.1, 0.15) is 24.3 Å². The number of hydrogen-bond acceptors (Lipinski definition) is 3. The molecule has 1 saturated heterocycles. The second-order valence-electron chi connectivity index (χ2n) is 5.56. The molecule has 1 fully saturated rings. The summed E-state index contributed by atoms with van der Waals surface area (Å²) >= 11 is 0. The summed E-state index contributed by atoms with van der Waals surface area (Å²) < 4.78 is 0. The number of H-pyrrole nitrogens is 1. The monoisotopic (exact) mass is 277 g/mol. The molecule has 0 aliphatic carbocycles. The molecule has 0 bridgehead atoms. The molecule has 0 saturated carbocycles. The Morgan fingerprint density at radius 3 is 3.19 bits per heavy atom. The van der Waals surface area contributed by atoms with Crippen molar-refractivity contribution in [3.63, 3.8) is 0 Å². The molecule has 0 amide bonds. The highest BCUT2D eigenvalue weighted by Gasteiger charge is 2.23. The van der Waals surface area contributed by atoms with Crippen molar-refractivity contribution in [2.24, 2.45) is 0 Å². The zero-order valence-electron chi connectivity index (χ0n) is 11.8. The lowest BCUT2D eigenvalue weighted by atomic mass is 9.90. The summed E-state index contributed by atoms with van der Waals surface area (Å²) in [7, 11) is 0. The van der Waals surface area contributed by atoms with Crippen LogP contribution in [0.4, 0.5) is 5.82 Å². The zero-order valence-corrected chi connectivity index (χ0v) is 11.8. The Balaban J connectivity index is 1.65. The highest BCUT2D eigenvalue weighted by Crippen LogP contribution is 2.31. The number of piperidine rings is 1. The maximum Gasteiger partial charge on any atom is 0.142 e. The average Bonchev–Trinajstić information content (AvgIpc) is 3.04. The predicted molar refractivity (Wildman–Crippen MR) is 83.4 cm³/mol. The smallest absolute Gasteiger partial charge is 0.142 e. The Bertz CT molecular complexity index is 735. The number of nitrogens with zero attached hydrogens (tertiary/aromatic N) is 3. The van der Waals surface area contributed by atoms with Gasteiger partial charge in [0.05, 0.1) is 5.39 Å². The minimum Gasteiger partial charge on any atom is -0.355 e. The van der Waals surface area contributed by atoms with Gasteiger partial charge >= 0.3 is 0 Å². The summed E-state index contributed by atoms with van der Waals surface area (Å²) in [6.07, 6.45) is 6.00. The third kappa shape index (κ3) is 2.27. The van der Waals surface area contributed by atoms with Crippen molar-refractivity contribution >= 4 is 16.9 Å². The largest absolute Gasteiger partial charge is 0.355 e. The van der Waals surface area contributed by atoms with E-state index in [-0.39, 0.29) is 0 Å². The van der Waals surface area contributed by atoms with Crippen LogP contribution >= 0.6 is 0 Å². The molecule has 1 aromatic carbocycles. The number of aromatic amines is 1. The minimum absolute atomic E-state index is 0.556. The van der Waals surface area contributed by atoms with E-state index >= 15 is 0 Å². The summed E-state index contributed by atoms with van der Waals surface area (Å²) in [6, 6.07) is 13.6. The van der Waals surface area contributed by atoms with Crippen LogP contribution < -0.4 is 4.90 Å². The number of benzene rings is 1. The summed E-state index contributed by atoms with van der Waals surface area (Å²) in [4.78, 5) is 14.3. The highest BCUT2D eigenvalue weighted by atomic mass is 15.2. The minimum atomic E-state index is 0.556. The van der Waals surface area contributed by atoms with E-state index in [0.29, 0.717) is 5.92 Å². The van der Waals surface area contributed by atoms with Crippen molar-refractivity contribution in [3.05, 3.63) is 54.5 Å². The van der Waals surface area contributed by atoms with Gasteiger partial charge in [-0.25, -0.2) is 9.97 Å². The van der Waals surface area contributed by atoms with E-state index in [4.69, 9.17) is 0 Å². The lowest BCUT2D eigenvalue weighted by molar-refractivity contribution is 0.508.